The summed E-state index contributed by atoms with van der Waals surface area (Å²) in [6.45, 7) is 6.07. The highest BCUT2D eigenvalue weighted by molar-refractivity contribution is 5.85. The molecule has 1 saturated heterocycles. The maximum atomic E-state index is 13.0. The molecule has 0 radical (unpaired) electrons. The minimum absolute atomic E-state index is 0. The number of halogens is 2. The Balaban J connectivity index is 0.00000113. The second-order valence-electron chi connectivity index (χ2n) is 8.91. The number of nitrogens with zero attached hydrogens (tertiary/aromatic N) is 2. The molecule has 4 aliphatic rings. The zero-order chi connectivity index (χ0) is 16.0. The number of amides is 1. The highest BCUT2D eigenvalue weighted by Gasteiger charge is 2.44. The summed E-state index contributed by atoms with van der Waals surface area (Å²) in [6.07, 6.45) is 10.1. The minimum atomic E-state index is -0.295. The van der Waals surface area contributed by atoms with Crippen molar-refractivity contribution >= 4 is 30.7 Å². The lowest BCUT2D eigenvalue weighted by atomic mass is 9.74. The first-order valence-corrected chi connectivity index (χ1v) is 9.86. The Bertz CT molecular complexity index is 466. The summed E-state index contributed by atoms with van der Waals surface area (Å²) in [5, 5.41) is 0. The van der Waals surface area contributed by atoms with Crippen molar-refractivity contribution in [1.29, 1.82) is 0 Å². The molecule has 0 aromatic rings. The van der Waals surface area contributed by atoms with Crippen LogP contribution in [0, 0.1) is 17.8 Å². The van der Waals surface area contributed by atoms with Crippen molar-refractivity contribution in [2.75, 3.05) is 26.2 Å². The van der Waals surface area contributed by atoms with Crippen LogP contribution in [0.25, 0.3) is 0 Å². The lowest BCUT2D eigenvalue weighted by molar-refractivity contribution is -0.141. The van der Waals surface area contributed by atoms with E-state index >= 15 is 0 Å². The minimum Gasteiger partial charge on any atom is -0.340 e. The Morgan fingerprint density at radius 2 is 1.72 bits per heavy atom. The van der Waals surface area contributed by atoms with E-state index < -0.39 is 0 Å². The number of carbonyl (C=O) groups is 1. The Labute approximate surface area is 165 Å². The molecule has 25 heavy (non-hydrogen) atoms. The number of rotatable bonds is 2. The summed E-state index contributed by atoms with van der Waals surface area (Å²) in [7, 11) is 0. The van der Waals surface area contributed by atoms with Crippen LogP contribution in [-0.4, -0.2) is 53.5 Å². The largest absolute Gasteiger partial charge is 0.340 e. The molecule has 1 heterocycles. The topological polar surface area (TPSA) is 49.6 Å². The molecule has 5 unspecified atom stereocenters. The number of hydrogen-bond acceptors (Lipinski definition) is 3. The Morgan fingerprint density at radius 1 is 1.00 bits per heavy atom. The van der Waals surface area contributed by atoms with E-state index in [0.29, 0.717) is 5.91 Å². The molecule has 146 valence electrons. The van der Waals surface area contributed by atoms with Crippen molar-refractivity contribution in [2.45, 2.75) is 69.9 Å². The van der Waals surface area contributed by atoms with Gasteiger partial charge in [0.25, 0.3) is 0 Å². The first kappa shape index (κ1) is 21.3. The molecule has 6 heteroatoms. The predicted octanol–water partition coefficient (Wildman–Crippen LogP) is 3.07. The number of fused-ring (bicyclic) bond motifs is 2. The van der Waals surface area contributed by atoms with Gasteiger partial charge in [0.15, 0.2) is 0 Å². The summed E-state index contributed by atoms with van der Waals surface area (Å²) >= 11 is 0. The quantitative estimate of drug-likeness (QED) is 0.786. The third-order valence-corrected chi connectivity index (χ3v) is 7.35. The van der Waals surface area contributed by atoms with E-state index in [0.717, 1.165) is 63.3 Å². The number of nitrogens with two attached hydrogens (primary N) is 1. The fourth-order valence-corrected chi connectivity index (χ4v) is 5.92. The number of carbonyl (C=O) groups excluding carboxylic acids is 1. The third kappa shape index (κ3) is 4.12. The third-order valence-electron chi connectivity index (χ3n) is 7.35. The van der Waals surface area contributed by atoms with Crippen LogP contribution in [0.2, 0.25) is 0 Å². The second-order valence-corrected chi connectivity index (χ2v) is 8.91. The van der Waals surface area contributed by atoms with Crippen LogP contribution in [-0.2, 0) is 4.79 Å². The molecule has 4 fully saturated rings. The van der Waals surface area contributed by atoms with E-state index in [1.54, 1.807) is 0 Å². The molecule has 3 aliphatic carbocycles. The van der Waals surface area contributed by atoms with Crippen molar-refractivity contribution in [2.24, 2.45) is 23.5 Å². The summed E-state index contributed by atoms with van der Waals surface area (Å²) < 4.78 is 0. The van der Waals surface area contributed by atoms with E-state index in [9.17, 15) is 4.79 Å². The maximum Gasteiger partial charge on any atom is 0.227 e. The second kappa shape index (κ2) is 8.33. The number of hydrogen-bond donors (Lipinski definition) is 1. The van der Waals surface area contributed by atoms with Gasteiger partial charge in [0, 0.05) is 37.8 Å². The monoisotopic (exact) mass is 391 g/mol. The molecule has 4 rings (SSSR count). The van der Waals surface area contributed by atoms with Crippen LogP contribution in [0.4, 0.5) is 0 Å². The lowest BCUT2D eigenvalue weighted by Crippen LogP contribution is -2.58. The van der Waals surface area contributed by atoms with Gasteiger partial charge in [-0.25, -0.2) is 0 Å². The van der Waals surface area contributed by atoms with Gasteiger partial charge in [-0.15, -0.1) is 24.8 Å². The molecule has 0 aromatic heterocycles. The SMILES string of the molecule is CC1(N)CCCCC1C(=O)N1CCN(C2CC3CCC2C3)CC1.Cl.Cl. The maximum absolute atomic E-state index is 13.0. The van der Waals surface area contributed by atoms with Crippen molar-refractivity contribution in [1.82, 2.24) is 9.80 Å². The van der Waals surface area contributed by atoms with Gasteiger partial charge >= 0.3 is 0 Å². The normalized spacial score (nSPS) is 41.1. The average molecular weight is 392 g/mol. The van der Waals surface area contributed by atoms with Gasteiger partial charge < -0.3 is 10.6 Å². The smallest absolute Gasteiger partial charge is 0.227 e. The van der Waals surface area contributed by atoms with Crippen LogP contribution in [0.3, 0.4) is 0 Å². The van der Waals surface area contributed by atoms with Crippen LogP contribution < -0.4 is 5.73 Å². The van der Waals surface area contributed by atoms with Gasteiger partial charge in [-0.2, -0.15) is 0 Å². The molecule has 2 bridgehead atoms. The van der Waals surface area contributed by atoms with Crippen molar-refractivity contribution in [3.8, 4) is 0 Å². The van der Waals surface area contributed by atoms with Gasteiger partial charge in [-0.1, -0.05) is 19.3 Å². The van der Waals surface area contributed by atoms with E-state index in [2.05, 4.69) is 16.7 Å². The van der Waals surface area contributed by atoms with Gasteiger partial charge in [-0.3, -0.25) is 9.69 Å². The molecule has 5 atom stereocenters. The van der Waals surface area contributed by atoms with E-state index in [1.807, 2.05) is 0 Å². The van der Waals surface area contributed by atoms with Crippen LogP contribution >= 0.6 is 24.8 Å². The van der Waals surface area contributed by atoms with Crippen LogP contribution in [0.1, 0.15) is 58.3 Å². The van der Waals surface area contributed by atoms with Crippen molar-refractivity contribution < 1.29 is 4.79 Å². The Kier molecular flexibility index (Phi) is 7.09. The van der Waals surface area contributed by atoms with Crippen LogP contribution in [0.15, 0.2) is 0 Å². The number of piperazine rings is 1. The summed E-state index contributed by atoms with van der Waals surface area (Å²) in [4.78, 5) is 17.8. The Morgan fingerprint density at radius 3 is 2.28 bits per heavy atom. The van der Waals surface area contributed by atoms with Gasteiger partial charge in [-0.05, 0) is 50.9 Å². The molecule has 3 saturated carbocycles. The molecule has 1 aliphatic heterocycles. The van der Waals surface area contributed by atoms with Crippen LogP contribution in [0.5, 0.6) is 0 Å². The fourth-order valence-electron chi connectivity index (χ4n) is 5.92. The van der Waals surface area contributed by atoms with Gasteiger partial charge in [0.1, 0.15) is 0 Å². The van der Waals surface area contributed by atoms with Gasteiger partial charge in [0.05, 0.1) is 5.92 Å². The highest BCUT2D eigenvalue weighted by atomic mass is 35.5. The standard InChI is InChI=1S/C19H33N3O.2ClH/c1-19(20)7-3-2-4-16(19)18(23)22-10-8-21(9-11-22)17-13-14-5-6-15(17)12-14;;/h14-17H,2-13,20H2,1H3;2*1H. The first-order chi connectivity index (χ1) is 11.0. The fraction of sp³-hybridized carbons (Fsp3) is 0.947. The zero-order valence-electron chi connectivity index (χ0n) is 15.5. The first-order valence-electron chi connectivity index (χ1n) is 9.86. The zero-order valence-corrected chi connectivity index (χ0v) is 17.1. The molecule has 4 nitrogen and oxygen atoms in total. The Hall–Kier alpha value is -0.0300. The molecular formula is C19H35Cl2N3O. The van der Waals surface area contributed by atoms with E-state index in [1.165, 1.54) is 32.1 Å². The summed E-state index contributed by atoms with van der Waals surface area (Å²) in [5.41, 5.74) is 6.15. The summed E-state index contributed by atoms with van der Waals surface area (Å²) in [5.74, 6) is 2.34. The lowest BCUT2D eigenvalue weighted by Gasteiger charge is -2.44. The molecule has 1 amide bonds. The molecule has 2 N–H and O–H groups in total. The molecular weight excluding hydrogens is 357 g/mol. The average Bonchev–Trinajstić information content (AvgIpc) is 3.17. The van der Waals surface area contributed by atoms with E-state index in [-0.39, 0.29) is 36.3 Å². The van der Waals surface area contributed by atoms with Crippen molar-refractivity contribution in [3.05, 3.63) is 0 Å². The van der Waals surface area contributed by atoms with Crippen molar-refractivity contribution in [3.63, 3.8) is 0 Å². The predicted molar refractivity (Wildman–Crippen MR) is 106 cm³/mol. The molecule has 0 aromatic carbocycles. The summed E-state index contributed by atoms with van der Waals surface area (Å²) in [6, 6.07) is 0.820. The molecule has 0 spiro atoms. The van der Waals surface area contributed by atoms with E-state index in [4.69, 9.17) is 5.73 Å². The van der Waals surface area contributed by atoms with Gasteiger partial charge in [0.2, 0.25) is 5.91 Å². The highest BCUT2D eigenvalue weighted by Crippen LogP contribution is 2.46.